The molecule has 1 fully saturated rings. The summed E-state index contributed by atoms with van der Waals surface area (Å²) in [6, 6.07) is 0.775. The third-order valence-electron chi connectivity index (χ3n) is 3.33. The minimum Gasteiger partial charge on any atom is -0.367 e. The lowest BCUT2D eigenvalue weighted by Gasteiger charge is -2.33. The van der Waals surface area contributed by atoms with Gasteiger partial charge in [0.25, 0.3) is 0 Å². The maximum atomic E-state index is 5.96. The second kappa shape index (κ2) is 5.69. The second-order valence-electron chi connectivity index (χ2n) is 5.21. The van der Waals surface area contributed by atoms with Gasteiger partial charge in [-0.15, -0.1) is 0 Å². The minimum absolute atomic E-state index is 0.285. The molecule has 0 amide bonds. The fourth-order valence-electron chi connectivity index (χ4n) is 2.55. The van der Waals surface area contributed by atoms with Gasteiger partial charge in [-0.1, -0.05) is 24.4 Å². The van der Waals surface area contributed by atoms with Crippen LogP contribution in [-0.2, 0) is 10.3 Å². The third kappa shape index (κ3) is 2.83. The van der Waals surface area contributed by atoms with Gasteiger partial charge >= 0.3 is 6.01 Å². The number of ether oxygens (including phenoxy) is 1. The summed E-state index contributed by atoms with van der Waals surface area (Å²) in [4.78, 5) is 4.45. The summed E-state index contributed by atoms with van der Waals surface area (Å²) in [7, 11) is 0. The van der Waals surface area contributed by atoms with Crippen LogP contribution in [0.2, 0.25) is 0 Å². The molecule has 1 aliphatic rings. The van der Waals surface area contributed by atoms with Crippen molar-refractivity contribution < 1.29 is 9.26 Å². The van der Waals surface area contributed by atoms with E-state index in [0.717, 1.165) is 12.8 Å². The Balaban J connectivity index is 2.17. The van der Waals surface area contributed by atoms with Crippen molar-refractivity contribution in [3.8, 4) is 0 Å². The Labute approximate surface area is 108 Å². The number of hydrogen-bond acceptors (Lipinski definition) is 5. The molecule has 1 heterocycles. The van der Waals surface area contributed by atoms with Crippen LogP contribution in [0.15, 0.2) is 4.52 Å². The molecule has 0 bridgehead atoms. The molecule has 0 spiro atoms. The molecule has 0 saturated heterocycles. The van der Waals surface area contributed by atoms with Crippen LogP contribution in [0.5, 0.6) is 0 Å². The van der Waals surface area contributed by atoms with E-state index in [1.807, 2.05) is 20.8 Å². The lowest BCUT2D eigenvalue weighted by atomic mass is 9.84. The molecule has 0 atom stereocenters. The molecule has 102 valence electrons. The lowest BCUT2D eigenvalue weighted by molar-refractivity contribution is -0.0777. The van der Waals surface area contributed by atoms with Gasteiger partial charge in [-0.2, -0.15) is 4.98 Å². The van der Waals surface area contributed by atoms with Crippen LogP contribution in [0.3, 0.4) is 0 Å². The molecular weight excluding hydrogens is 230 g/mol. The lowest BCUT2D eigenvalue weighted by Crippen LogP contribution is -2.33. The Morgan fingerprint density at radius 2 is 2.06 bits per heavy atom. The van der Waals surface area contributed by atoms with Crippen molar-refractivity contribution >= 4 is 6.01 Å². The summed E-state index contributed by atoms with van der Waals surface area (Å²) in [6.07, 6.45) is 5.58. The van der Waals surface area contributed by atoms with E-state index in [1.165, 1.54) is 19.3 Å². The summed E-state index contributed by atoms with van der Waals surface area (Å²) in [5.74, 6) is 0.701. The van der Waals surface area contributed by atoms with Crippen molar-refractivity contribution in [3.05, 3.63) is 5.82 Å². The SMILES string of the molecule is CCOC1(c2noc(NC(C)C)n2)CCCCC1. The van der Waals surface area contributed by atoms with Crippen LogP contribution in [0.4, 0.5) is 6.01 Å². The van der Waals surface area contributed by atoms with Crippen molar-refractivity contribution in [1.82, 2.24) is 10.1 Å². The number of nitrogens with one attached hydrogen (secondary N) is 1. The summed E-state index contributed by atoms with van der Waals surface area (Å²) >= 11 is 0. The van der Waals surface area contributed by atoms with Crippen molar-refractivity contribution in [2.24, 2.45) is 0 Å². The largest absolute Gasteiger partial charge is 0.367 e. The van der Waals surface area contributed by atoms with Crippen molar-refractivity contribution in [2.45, 2.75) is 64.5 Å². The molecule has 1 aromatic rings. The van der Waals surface area contributed by atoms with Crippen molar-refractivity contribution in [2.75, 3.05) is 11.9 Å². The van der Waals surface area contributed by atoms with Gasteiger partial charge in [0.2, 0.25) is 5.82 Å². The average molecular weight is 253 g/mol. The molecule has 5 nitrogen and oxygen atoms in total. The standard InChI is InChI=1S/C13H23N3O2/c1-4-17-13(8-6-5-7-9-13)11-15-12(18-16-11)14-10(2)3/h10H,4-9H2,1-3H3,(H,14,15,16). The Hall–Kier alpha value is -1.10. The summed E-state index contributed by atoms with van der Waals surface area (Å²) in [6.45, 7) is 6.79. The van der Waals surface area contributed by atoms with E-state index < -0.39 is 0 Å². The summed E-state index contributed by atoms with van der Waals surface area (Å²) < 4.78 is 11.2. The molecule has 1 aliphatic carbocycles. The van der Waals surface area contributed by atoms with Gasteiger partial charge in [0.1, 0.15) is 5.60 Å². The number of aromatic nitrogens is 2. The second-order valence-corrected chi connectivity index (χ2v) is 5.21. The molecule has 1 aromatic heterocycles. The van der Waals surface area contributed by atoms with Gasteiger partial charge in [0.05, 0.1) is 0 Å². The maximum Gasteiger partial charge on any atom is 0.321 e. The average Bonchev–Trinajstić information content (AvgIpc) is 2.79. The fourth-order valence-corrected chi connectivity index (χ4v) is 2.55. The van der Waals surface area contributed by atoms with E-state index in [4.69, 9.17) is 9.26 Å². The van der Waals surface area contributed by atoms with E-state index in [-0.39, 0.29) is 11.6 Å². The highest BCUT2D eigenvalue weighted by molar-refractivity contribution is 5.21. The van der Waals surface area contributed by atoms with Gasteiger partial charge in [0, 0.05) is 12.6 Å². The maximum absolute atomic E-state index is 5.96. The molecule has 1 saturated carbocycles. The topological polar surface area (TPSA) is 60.2 Å². The van der Waals surface area contributed by atoms with Crippen LogP contribution >= 0.6 is 0 Å². The first-order chi connectivity index (χ1) is 8.66. The predicted molar refractivity (Wildman–Crippen MR) is 69.4 cm³/mol. The molecule has 1 N–H and O–H groups in total. The van der Waals surface area contributed by atoms with Crippen LogP contribution in [0, 0.1) is 0 Å². The molecule has 18 heavy (non-hydrogen) atoms. The zero-order valence-corrected chi connectivity index (χ0v) is 11.5. The number of rotatable bonds is 5. The number of hydrogen-bond donors (Lipinski definition) is 1. The Morgan fingerprint density at radius 1 is 1.33 bits per heavy atom. The van der Waals surface area contributed by atoms with Gasteiger partial charge in [-0.3, -0.25) is 0 Å². The first kappa shape index (κ1) is 13.3. The first-order valence-electron chi connectivity index (χ1n) is 6.91. The van der Waals surface area contributed by atoms with E-state index in [2.05, 4.69) is 15.5 Å². The molecule has 0 aromatic carbocycles. The third-order valence-corrected chi connectivity index (χ3v) is 3.33. The molecule has 5 heteroatoms. The van der Waals surface area contributed by atoms with Gasteiger partial charge in [0.15, 0.2) is 0 Å². The number of nitrogens with zero attached hydrogens (tertiary/aromatic N) is 2. The smallest absolute Gasteiger partial charge is 0.321 e. The highest BCUT2D eigenvalue weighted by atomic mass is 16.5. The summed E-state index contributed by atoms with van der Waals surface area (Å²) in [5, 5.41) is 7.24. The highest BCUT2D eigenvalue weighted by Crippen LogP contribution is 2.39. The van der Waals surface area contributed by atoms with E-state index in [0.29, 0.717) is 18.4 Å². The van der Waals surface area contributed by atoms with Gasteiger partial charge < -0.3 is 14.6 Å². The Morgan fingerprint density at radius 3 is 2.67 bits per heavy atom. The molecule has 2 rings (SSSR count). The fraction of sp³-hybridized carbons (Fsp3) is 0.846. The zero-order chi connectivity index (χ0) is 13.0. The molecular formula is C13H23N3O2. The molecule has 0 radical (unpaired) electrons. The van der Waals surface area contributed by atoms with E-state index >= 15 is 0 Å². The summed E-state index contributed by atoms with van der Waals surface area (Å²) in [5.41, 5.74) is -0.326. The van der Waals surface area contributed by atoms with Gasteiger partial charge in [-0.25, -0.2) is 0 Å². The highest BCUT2D eigenvalue weighted by Gasteiger charge is 2.39. The predicted octanol–water partition coefficient (Wildman–Crippen LogP) is 3.09. The van der Waals surface area contributed by atoms with Crippen LogP contribution in [0.25, 0.3) is 0 Å². The van der Waals surface area contributed by atoms with E-state index in [1.54, 1.807) is 0 Å². The molecule has 0 aliphatic heterocycles. The Kier molecular flexibility index (Phi) is 4.22. The number of anilines is 1. The van der Waals surface area contributed by atoms with Crippen LogP contribution in [0.1, 0.15) is 58.7 Å². The zero-order valence-electron chi connectivity index (χ0n) is 11.5. The quantitative estimate of drug-likeness (QED) is 0.873. The first-order valence-corrected chi connectivity index (χ1v) is 6.91. The van der Waals surface area contributed by atoms with Crippen LogP contribution < -0.4 is 5.32 Å². The monoisotopic (exact) mass is 253 g/mol. The van der Waals surface area contributed by atoms with Crippen molar-refractivity contribution in [1.29, 1.82) is 0 Å². The van der Waals surface area contributed by atoms with Gasteiger partial charge in [-0.05, 0) is 33.6 Å². The molecule has 0 unspecified atom stereocenters. The minimum atomic E-state index is -0.326. The van der Waals surface area contributed by atoms with E-state index in [9.17, 15) is 0 Å². The Bertz CT molecular complexity index is 365. The normalized spacial score (nSPS) is 19.1. The van der Waals surface area contributed by atoms with Crippen molar-refractivity contribution in [3.63, 3.8) is 0 Å². The van der Waals surface area contributed by atoms with Crippen LogP contribution in [-0.4, -0.2) is 22.8 Å².